The summed E-state index contributed by atoms with van der Waals surface area (Å²) in [4.78, 5) is 16.5. The second kappa shape index (κ2) is 7.43. The van der Waals surface area contributed by atoms with Crippen LogP contribution in [0.3, 0.4) is 0 Å². The topological polar surface area (TPSA) is 55.1 Å². The van der Waals surface area contributed by atoms with Crippen molar-refractivity contribution >= 4 is 17.6 Å². The summed E-state index contributed by atoms with van der Waals surface area (Å²) in [5, 5.41) is 10.1. The number of halogens is 1. The number of benzene rings is 1. The van der Waals surface area contributed by atoms with Gasteiger partial charge in [-0.25, -0.2) is 4.98 Å². The number of hydrogen-bond donors (Lipinski definition) is 1. The van der Waals surface area contributed by atoms with Gasteiger partial charge in [-0.15, -0.1) is 0 Å². The van der Waals surface area contributed by atoms with E-state index in [4.69, 9.17) is 16.6 Å². The van der Waals surface area contributed by atoms with Gasteiger partial charge in [0, 0.05) is 29.1 Å². The van der Waals surface area contributed by atoms with Crippen LogP contribution in [-0.2, 0) is 17.8 Å². The third-order valence-electron chi connectivity index (χ3n) is 5.86. The number of fused-ring (bicyclic) bond motifs is 1. The van der Waals surface area contributed by atoms with Crippen LogP contribution in [0.25, 0.3) is 0 Å². The van der Waals surface area contributed by atoms with E-state index in [2.05, 4.69) is 16.7 Å². The average Bonchev–Trinajstić information content (AvgIpc) is 3.25. The Bertz CT molecular complexity index is 791. The number of rotatable bonds is 5. The van der Waals surface area contributed by atoms with Gasteiger partial charge in [0.05, 0.1) is 12.1 Å². The molecule has 138 valence electrons. The van der Waals surface area contributed by atoms with E-state index in [0.29, 0.717) is 5.92 Å². The minimum absolute atomic E-state index is 0.0752. The van der Waals surface area contributed by atoms with Gasteiger partial charge in [0.15, 0.2) is 0 Å². The van der Waals surface area contributed by atoms with Crippen LogP contribution >= 0.6 is 11.6 Å². The van der Waals surface area contributed by atoms with Crippen molar-refractivity contribution in [1.82, 2.24) is 9.55 Å². The first-order valence-corrected chi connectivity index (χ1v) is 10.0. The van der Waals surface area contributed by atoms with Crippen LogP contribution in [0.1, 0.15) is 79.6 Å². The van der Waals surface area contributed by atoms with E-state index in [0.717, 1.165) is 36.5 Å². The van der Waals surface area contributed by atoms with Gasteiger partial charge in [-0.05, 0) is 49.8 Å². The number of hydrogen-bond acceptors (Lipinski definition) is 2. The molecule has 1 fully saturated rings. The van der Waals surface area contributed by atoms with Crippen molar-refractivity contribution in [1.29, 1.82) is 0 Å². The van der Waals surface area contributed by atoms with Crippen LogP contribution < -0.4 is 0 Å². The van der Waals surface area contributed by atoms with E-state index in [1.807, 2.05) is 12.1 Å². The number of imidazole rings is 1. The summed E-state index contributed by atoms with van der Waals surface area (Å²) in [6, 6.07) is 7.96. The summed E-state index contributed by atoms with van der Waals surface area (Å²) in [6.45, 7) is 0.751. The van der Waals surface area contributed by atoms with Gasteiger partial charge in [-0.2, -0.15) is 0 Å². The fraction of sp³-hybridized carbons (Fsp3) is 0.524. The van der Waals surface area contributed by atoms with Gasteiger partial charge < -0.3 is 9.67 Å². The van der Waals surface area contributed by atoms with Gasteiger partial charge in [-0.3, -0.25) is 4.79 Å². The molecule has 0 saturated heterocycles. The van der Waals surface area contributed by atoms with Gasteiger partial charge in [-0.1, -0.05) is 36.6 Å². The van der Waals surface area contributed by atoms with Crippen molar-refractivity contribution in [2.45, 2.75) is 69.7 Å². The predicted molar refractivity (Wildman–Crippen MR) is 102 cm³/mol. The number of aryl methyl sites for hydroxylation is 1. The van der Waals surface area contributed by atoms with Crippen molar-refractivity contribution in [3.8, 4) is 0 Å². The summed E-state index contributed by atoms with van der Waals surface area (Å²) >= 11 is 6.04. The van der Waals surface area contributed by atoms with E-state index in [-0.39, 0.29) is 12.3 Å². The number of carboxylic acids is 1. The molecule has 4 rings (SSSR count). The molecule has 1 heterocycles. The summed E-state index contributed by atoms with van der Waals surface area (Å²) in [5.74, 6) is 1.05. The van der Waals surface area contributed by atoms with Crippen molar-refractivity contribution in [2.24, 2.45) is 0 Å². The quantitative estimate of drug-likeness (QED) is 0.790. The summed E-state index contributed by atoms with van der Waals surface area (Å²) in [5.41, 5.74) is 3.50. The largest absolute Gasteiger partial charge is 0.481 e. The highest BCUT2D eigenvalue weighted by atomic mass is 35.5. The Balaban J connectivity index is 1.76. The maximum Gasteiger partial charge on any atom is 0.304 e. The first kappa shape index (κ1) is 17.6. The first-order valence-electron chi connectivity index (χ1n) is 9.67. The SMILES string of the molecule is O=C(O)CC1CCCc2nc(C3CCCC3)n(Cc3ccc(Cl)cc3)c21. The van der Waals surface area contributed by atoms with Gasteiger partial charge in [0.25, 0.3) is 0 Å². The molecule has 1 saturated carbocycles. The molecule has 0 aliphatic heterocycles. The molecule has 1 aromatic heterocycles. The molecular formula is C21H25ClN2O2. The van der Waals surface area contributed by atoms with Crippen LogP contribution in [0.5, 0.6) is 0 Å². The minimum Gasteiger partial charge on any atom is -0.481 e. The second-order valence-corrected chi connectivity index (χ2v) is 8.12. The second-order valence-electron chi connectivity index (χ2n) is 7.68. The Hall–Kier alpha value is -1.81. The molecule has 1 unspecified atom stereocenters. The zero-order chi connectivity index (χ0) is 18.1. The highest BCUT2D eigenvalue weighted by Crippen LogP contribution is 2.40. The summed E-state index contributed by atoms with van der Waals surface area (Å²) in [7, 11) is 0. The maximum absolute atomic E-state index is 11.4. The molecule has 1 atom stereocenters. The Labute approximate surface area is 159 Å². The Morgan fingerprint density at radius 2 is 1.88 bits per heavy atom. The fourth-order valence-corrected chi connectivity index (χ4v) is 4.80. The molecule has 0 spiro atoms. The van der Waals surface area contributed by atoms with Crippen LogP contribution in [0.2, 0.25) is 5.02 Å². The molecule has 2 aliphatic rings. The molecule has 2 aromatic rings. The Kier molecular flexibility index (Phi) is 5.03. The third-order valence-corrected chi connectivity index (χ3v) is 6.11. The number of carboxylic acid groups (broad SMARTS) is 1. The third kappa shape index (κ3) is 3.52. The lowest BCUT2D eigenvalue weighted by atomic mass is 9.87. The minimum atomic E-state index is -0.718. The van der Waals surface area contributed by atoms with E-state index in [9.17, 15) is 9.90 Å². The molecule has 26 heavy (non-hydrogen) atoms. The van der Waals surface area contributed by atoms with Crippen LogP contribution in [0.4, 0.5) is 0 Å². The van der Waals surface area contributed by atoms with Gasteiger partial charge in [0.2, 0.25) is 0 Å². The average molecular weight is 373 g/mol. The summed E-state index contributed by atoms with van der Waals surface area (Å²) in [6.07, 6.45) is 8.06. The lowest BCUT2D eigenvalue weighted by Crippen LogP contribution is -2.19. The molecule has 1 aromatic carbocycles. The molecule has 1 N–H and O–H groups in total. The van der Waals surface area contributed by atoms with Crippen molar-refractivity contribution < 1.29 is 9.90 Å². The summed E-state index contributed by atoms with van der Waals surface area (Å²) < 4.78 is 2.35. The van der Waals surface area contributed by atoms with Crippen LogP contribution in [0, 0.1) is 0 Å². The predicted octanol–water partition coefficient (Wildman–Crippen LogP) is 5.14. The molecule has 0 bridgehead atoms. The number of aromatic nitrogens is 2. The van der Waals surface area contributed by atoms with Crippen molar-refractivity contribution in [2.75, 3.05) is 0 Å². The number of carbonyl (C=O) groups is 1. The lowest BCUT2D eigenvalue weighted by molar-refractivity contribution is -0.137. The maximum atomic E-state index is 11.4. The van der Waals surface area contributed by atoms with Gasteiger partial charge in [0.1, 0.15) is 5.82 Å². The van der Waals surface area contributed by atoms with Crippen LogP contribution in [0.15, 0.2) is 24.3 Å². The van der Waals surface area contributed by atoms with E-state index in [1.54, 1.807) is 0 Å². The molecule has 2 aliphatic carbocycles. The first-order chi connectivity index (χ1) is 12.6. The lowest BCUT2D eigenvalue weighted by Gasteiger charge is -2.24. The van der Waals surface area contributed by atoms with Crippen molar-refractivity contribution in [3.63, 3.8) is 0 Å². The monoisotopic (exact) mass is 372 g/mol. The molecule has 0 radical (unpaired) electrons. The fourth-order valence-electron chi connectivity index (χ4n) is 4.67. The Morgan fingerprint density at radius 1 is 1.15 bits per heavy atom. The van der Waals surface area contributed by atoms with E-state index < -0.39 is 5.97 Å². The molecule has 0 amide bonds. The zero-order valence-electron chi connectivity index (χ0n) is 15.0. The molecular weight excluding hydrogens is 348 g/mol. The van der Waals surface area contributed by atoms with Gasteiger partial charge >= 0.3 is 5.97 Å². The van der Waals surface area contributed by atoms with Crippen molar-refractivity contribution in [3.05, 3.63) is 52.1 Å². The van der Waals surface area contributed by atoms with Crippen LogP contribution in [-0.4, -0.2) is 20.6 Å². The zero-order valence-corrected chi connectivity index (χ0v) is 15.7. The Morgan fingerprint density at radius 3 is 2.58 bits per heavy atom. The molecule has 5 heteroatoms. The number of nitrogens with zero attached hydrogens (tertiary/aromatic N) is 2. The normalized spacial score (nSPS) is 20.3. The van der Waals surface area contributed by atoms with E-state index >= 15 is 0 Å². The standard InChI is InChI=1S/C21H25ClN2O2/c22-17-10-8-14(9-11-17)13-24-20-16(12-19(25)26)6-3-7-18(20)23-21(24)15-4-1-2-5-15/h8-11,15-16H,1-7,12-13H2,(H,25,26). The van der Waals surface area contributed by atoms with E-state index in [1.165, 1.54) is 42.8 Å². The number of aliphatic carboxylic acids is 1. The molecule has 4 nitrogen and oxygen atoms in total. The highest BCUT2D eigenvalue weighted by Gasteiger charge is 2.32. The highest BCUT2D eigenvalue weighted by molar-refractivity contribution is 6.30. The smallest absolute Gasteiger partial charge is 0.304 e.